The van der Waals surface area contributed by atoms with Gasteiger partial charge in [0.15, 0.2) is 17.2 Å². The second-order valence-electron chi connectivity index (χ2n) is 10.4. The minimum absolute atomic E-state index is 0.00824. The molecule has 0 aromatic heterocycles. The summed E-state index contributed by atoms with van der Waals surface area (Å²) in [5, 5.41) is 10.2. The number of aliphatic hydroxyl groups excluding tert-OH is 1. The molecule has 29 heavy (non-hydrogen) atoms. The van der Waals surface area contributed by atoms with Crippen LogP contribution in [0.2, 0.25) is 0 Å². The minimum atomic E-state index is -1.03. The van der Waals surface area contributed by atoms with E-state index in [2.05, 4.69) is 13.8 Å². The molecule has 0 radical (unpaired) electrons. The number of Topliss-reactive ketones (excluding diaryl/α,β-unsaturated/α-hetero) is 1. The zero-order chi connectivity index (χ0) is 21.2. The molecule has 3 saturated carbocycles. The highest BCUT2D eigenvalue weighted by molar-refractivity contribution is 5.92. The molecule has 0 aromatic rings. The van der Waals surface area contributed by atoms with E-state index in [0.29, 0.717) is 24.7 Å². The lowest BCUT2D eigenvalue weighted by atomic mass is 9.44. The quantitative estimate of drug-likeness (QED) is 0.729. The van der Waals surface area contributed by atoms with Crippen molar-refractivity contribution in [2.75, 3.05) is 6.61 Å². The van der Waals surface area contributed by atoms with Crippen LogP contribution >= 0.6 is 0 Å². The van der Waals surface area contributed by atoms with Crippen molar-refractivity contribution in [3.05, 3.63) is 11.6 Å². The molecule has 0 aromatic carbocycles. The van der Waals surface area contributed by atoms with E-state index in [9.17, 15) is 19.5 Å². The molecule has 160 valence electrons. The molecule has 0 heterocycles. The van der Waals surface area contributed by atoms with E-state index < -0.39 is 5.60 Å². The number of carbonyl (C=O) groups is 3. The van der Waals surface area contributed by atoms with E-state index in [1.165, 1.54) is 6.92 Å². The van der Waals surface area contributed by atoms with Crippen LogP contribution in [0.3, 0.4) is 0 Å². The van der Waals surface area contributed by atoms with Gasteiger partial charge in [0, 0.05) is 31.3 Å². The van der Waals surface area contributed by atoms with Crippen molar-refractivity contribution in [1.82, 2.24) is 0 Å². The number of hydrogen-bond donors (Lipinski definition) is 1. The summed E-state index contributed by atoms with van der Waals surface area (Å²) in [6.07, 6.45) is 7.38. The van der Waals surface area contributed by atoms with Gasteiger partial charge in [-0.15, -0.1) is 0 Å². The Bertz CT molecular complexity index is 784. The average molecular weight is 403 g/mol. The highest BCUT2D eigenvalue weighted by Crippen LogP contribution is 2.69. The third-order valence-electron chi connectivity index (χ3n) is 9.35. The van der Waals surface area contributed by atoms with Gasteiger partial charge < -0.3 is 9.84 Å². The Morgan fingerprint density at radius 3 is 2.45 bits per heavy atom. The molecule has 4 rings (SSSR count). The number of ketones is 2. The Hall–Kier alpha value is -1.49. The molecule has 0 aliphatic heterocycles. The van der Waals surface area contributed by atoms with Gasteiger partial charge in [-0.05, 0) is 74.7 Å². The van der Waals surface area contributed by atoms with E-state index >= 15 is 0 Å². The molecular weight excluding hydrogens is 368 g/mol. The summed E-state index contributed by atoms with van der Waals surface area (Å²) in [6, 6.07) is 0. The molecule has 7 atom stereocenters. The molecule has 4 aliphatic rings. The SMILES string of the molecule is CC(=O)O[C@]1(C(C)=O)CC[C@H]2[C@@H]3CC(CO)C4=CC(=O)CC[C@]4(C)[C@H]3CC[C@@]21C. The van der Waals surface area contributed by atoms with Crippen LogP contribution in [0.25, 0.3) is 0 Å². The second-order valence-corrected chi connectivity index (χ2v) is 10.4. The summed E-state index contributed by atoms with van der Waals surface area (Å²) < 4.78 is 5.82. The molecule has 0 spiro atoms. The standard InChI is InChI=1S/C24H34O5/c1-14(26)24(29-15(2)27)10-7-20-18-11-16(13-25)21-12-17(28)5-8-22(21,3)19(18)6-9-23(20,24)4/h12,16,18-20,25H,5-11,13H2,1-4H3/t16?,18-,19+,20+,22-,23+,24+/m1/s1. The maximum Gasteiger partial charge on any atom is 0.303 e. The maximum absolute atomic E-state index is 12.8. The molecule has 0 amide bonds. The van der Waals surface area contributed by atoms with Crippen molar-refractivity contribution < 1.29 is 24.2 Å². The number of carbonyl (C=O) groups excluding carboxylic acids is 3. The number of ether oxygens (including phenoxy) is 1. The normalized spacial score (nSPS) is 46.2. The largest absolute Gasteiger partial charge is 0.451 e. The number of hydrogen-bond acceptors (Lipinski definition) is 5. The number of aliphatic hydroxyl groups is 1. The van der Waals surface area contributed by atoms with Crippen LogP contribution in [-0.4, -0.2) is 34.9 Å². The maximum atomic E-state index is 12.8. The number of fused-ring (bicyclic) bond motifs is 5. The van der Waals surface area contributed by atoms with Crippen molar-refractivity contribution in [3.63, 3.8) is 0 Å². The molecule has 4 aliphatic carbocycles. The minimum Gasteiger partial charge on any atom is -0.451 e. The fraction of sp³-hybridized carbons (Fsp3) is 0.792. The zero-order valence-electron chi connectivity index (χ0n) is 18.1. The van der Waals surface area contributed by atoms with E-state index in [4.69, 9.17) is 4.74 Å². The van der Waals surface area contributed by atoms with Gasteiger partial charge in [0.2, 0.25) is 0 Å². The summed E-state index contributed by atoms with van der Waals surface area (Å²) in [5.41, 5.74) is -0.304. The van der Waals surface area contributed by atoms with Gasteiger partial charge in [0.1, 0.15) is 0 Å². The van der Waals surface area contributed by atoms with Gasteiger partial charge in [-0.3, -0.25) is 14.4 Å². The van der Waals surface area contributed by atoms with Crippen LogP contribution in [0.15, 0.2) is 11.6 Å². The van der Waals surface area contributed by atoms with Crippen LogP contribution < -0.4 is 0 Å². The van der Waals surface area contributed by atoms with Gasteiger partial charge in [0.25, 0.3) is 0 Å². The molecular formula is C24H34O5. The first kappa shape index (κ1) is 20.8. The first-order chi connectivity index (χ1) is 13.6. The lowest BCUT2D eigenvalue weighted by Crippen LogP contribution is -2.59. The Morgan fingerprint density at radius 1 is 1.14 bits per heavy atom. The molecule has 3 fully saturated rings. The van der Waals surface area contributed by atoms with Gasteiger partial charge >= 0.3 is 5.97 Å². The first-order valence-electron chi connectivity index (χ1n) is 11.2. The average Bonchev–Trinajstić information content (AvgIpc) is 2.95. The van der Waals surface area contributed by atoms with Crippen LogP contribution in [-0.2, 0) is 19.1 Å². The fourth-order valence-electron chi connectivity index (χ4n) is 8.02. The van der Waals surface area contributed by atoms with Crippen molar-refractivity contribution >= 4 is 17.5 Å². The third kappa shape index (κ3) is 2.72. The lowest BCUT2D eigenvalue weighted by molar-refractivity contribution is -0.188. The first-order valence-corrected chi connectivity index (χ1v) is 11.2. The zero-order valence-corrected chi connectivity index (χ0v) is 18.1. The summed E-state index contributed by atoms with van der Waals surface area (Å²) in [4.78, 5) is 36.9. The van der Waals surface area contributed by atoms with Gasteiger partial charge in [-0.25, -0.2) is 0 Å². The molecule has 1 N–H and O–H groups in total. The fourth-order valence-corrected chi connectivity index (χ4v) is 8.02. The van der Waals surface area contributed by atoms with Crippen molar-refractivity contribution in [1.29, 1.82) is 0 Å². The summed E-state index contributed by atoms with van der Waals surface area (Å²) in [7, 11) is 0. The molecule has 5 nitrogen and oxygen atoms in total. The Balaban J connectivity index is 1.75. The van der Waals surface area contributed by atoms with E-state index in [1.54, 1.807) is 6.92 Å². The monoisotopic (exact) mass is 402 g/mol. The summed E-state index contributed by atoms with van der Waals surface area (Å²) in [5.74, 6) is 0.871. The van der Waals surface area contributed by atoms with Crippen LogP contribution in [0, 0.1) is 34.5 Å². The van der Waals surface area contributed by atoms with E-state index in [0.717, 1.165) is 37.7 Å². The summed E-state index contributed by atoms with van der Waals surface area (Å²) in [6.45, 7) is 7.45. The van der Waals surface area contributed by atoms with Crippen molar-refractivity contribution in [2.24, 2.45) is 34.5 Å². The number of esters is 1. The van der Waals surface area contributed by atoms with E-state index in [-0.39, 0.29) is 46.8 Å². The number of rotatable bonds is 3. The van der Waals surface area contributed by atoms with Crippen molar-refractivity contribution in [2.45, 2.75) is 78.2 Å². The van der Waals surface area contributed by atoms with Gasteiger partial charge in [0.05, 0.1) is 0 Å². The van der Waals surface area contributed by atoms with Crippen LogP contribution in [0.5, 0.6) is 0 Å². The van der Waals surface area contributed by atoms with Gasteiger partial charge in [-0.2, -0.15) is 0 Å². The molecule has 0 bridgehead atoms. The summed E-state index contributed by atoms with van der Waals surface area (Å²) >= 11 is 0. The Labute approximate surface area is 173 Å². The van der Waals surface area contributed by atoms with Gasteiger partial charge in [-0.1, -0.05) is 19.4 Å². The molecule has 1 unspecified atom stereocenters. The topological polar surface area (TPSA) is 80.7 Å². The van der Waals surface area contributed by atoms with Crippen LogP contribution in [0.1, 0.15) is 72.6 Å². The molecule has 5 heteroatoms. The second kappa shape index (κ2) is 6.76. The third-order valence-corrected chi connectivity index (χ3v) is 9.35. The predicted octanol–water partition coefficient (Wildman–Crippen LogP) is 3.63. The lowest BCUT2D eigenvalue weighted by Gasteiger charge is -2.60. The highest BCUT2D eigenvalue weighted by Gasteiger charge is 2.68. The highest BCUT2D eigenvalue weighted by atomic mass is 16.6. The predicted molar refractivity (Wildman–Crippen MR) is 108 cm³/mol. The smallest absolute Gasteiger partial charge is 0.303 e. The Kier molecular flexibility index (Phi) is 4.84. The Morgan fingerprint density at radius 2 is 1.83 bits per heavy atom. The van der Waals surface area contributed by atoms with Crippen LogP contribution in [0.4, 0.5) is 0 Å². The van der Waals surface area contributed by atoms with Crippen molar-refractivity contribution in [3.8, 4) is 0 Å². The van der Waals surface area contributed by atoms with E-state index in [1.807, 2.05) is 6.08 Å². The molecule has 0 saturated heterocycles.